The second-order valence-electron chi connectivity index (χ2n) is 4.53. The summed E-state index contributed by atoms with van der Waals surface area (Å²) in [6.07, 6.45) is 1.73. The zero-order valence-electron chi connectivity index (χ0n) is 10.5. The van der Waals surface area contributed by atoms with Gasteiger partial charge >= 0.3 is 0 Å². The number of aliphatic imine (C=N–C) groups is 1. The summed E-state index contributed by atoms with van der Waals surface area (Å²) >= 11 is 0. The molecule has 2 N–H and O–H groups in total. The van der Waals surface area contributed by atoms with Crippen molar-refractivity contribution < 1.29 is 8.78 Å². The molecule has 0 radical (unpaired) electrons. The minimum Gasteiger partial charge on any atom is -0.359 e. The Morgan fingerprint density at radius 3 is 2.33 bits per heavy atom. The number of halogens is 2. The number of hydrogen-bond acceptors (Lipinski definition) is 1. The lowest BCUT2D eigenvalue weighted by molar-refractivity contribution is 0.321. The number of nitrogens with zero attached hydrogens (tertiary/aromatic N) is 1. The van der Waals surface area contributed by atoms with Crippen molar-refractivity contribution in [2.75, 3.05) is 14.1 Å². The van der Waals surface area contributed by atoms with Crippen LogP contribution in [-0.2, 0) is 0 Å². The number of guanidine groups is 1. The molecule has 1 saturated carbocycles. The standard InChI is InChI=1S/C13H17F2N3/c1-16-13(17-2)18-12-5-9(6-12)8-3-10(14)7-11(15)4-8/h3-4,7,9,12H,5-6H2,1-2H3,(H2,16,17,18). The lowest BCUT2D eigenvalue weighted by Crippen LogP contribution is -2.47. The molecule has 0 spiro atoms. The van der Waals surface area contributed by atoms with E-state index in [9.17, 15) is 8.78 Å². The lowest BCUT2D eigenvalue weighted by atomic mass is 9.76. The molecule has 1 aliphatic rings. The van der Waals surface area contributed by atoms with Gasteiger partial charge in [-0.2, -0.15) is 0 Å². The zero-order chi connectivity index (χ0) is 13.1. The van der Waals surface area contributed by atoms with E-state index in [1.807, 2.05) is 0 Å². The van der Waals surface area contributed by atoms with Gasteiger partial charge in [0.2, 0.25) is 0 Å². The van der Waals surface area contributed by atoms with Crippen molar-refractivity contribution in [1.82, 2.24) is 10.6 Å². The third-order valence-electron chi connectivity index (χ3n) is 3.30. The van der Waals surface area contributed by atoms with Gasteiger partial charge in [0.25, 0.3) is 0 Å². The van der Waals surface area contributed by atoms with Gasteiger partial charge in [0.05, 0.1) is 0 Å². The third-order valence-corrected chi connectivity index (χ3v) is 3.30. The molecule has 2 rings (SSSR count). The van der Waals surface area contributed by atoms with Crippen LogP contribution in [0.25, 0.3) is 0 Å². The summed E-state index contributed by atoms with van der Waals surface area (Å²) in [6, 6.07) is 4.04. The van der Waals surface area contributed by atoms with Gasteiger partial charge in [0.1, 0.15) is 11.6 Å². The Kier molecular flexibility index (Phi) is 3.79. The van der Waals surface area contributed by atoms with Gasteiger partial charge in [-0.25, -0.2) is 8.78 Å². The Morgan fingerprint density at radius 1 is 1.22 bits per heavy atom. The number of benzene rings is 1. The van der Waals surface area contributed by atoms with Crippen molar-refractivity contribution in [3.05, 3.63) is 35.4 Å². The molecule has 0 aliphatic heterocycles. The Labute approximate surface area is 105 Å². The number of rotatable bonds is 2. The smallest absolute Gasteiger partial charge is 0.190 e. The van der Waals surface area contributed by atoms with Crippen LogP contribution < -0.4 is 10.6 Å². The van der Waals surface area contributed by atoms with E-state index in [1.165, 1.54) is 12.1 Å². The van der Waals surface area contributed by atoms with Crippen LogP contribution in [0.4, 0.5) is 8.78 Å². The molecular weight excluding hydrogens is 236 g/mol. The summed E-state index contributed by atoms with van der Waals surface area (Å²) < 4.78 is 26.2. The third kappa shape index (κ3) is 2.78. The highest BCUT2D eigenvalue weighted by Gasteiger charge is 2.31. The van der Waals surface area contributed by atoms with E-state index >= 15 is 0 Å². The molecule has 18 heavy (non-hydrogen) atoms. The summed E-state index contributed by atoms with van der Waals surface area (Å²) in [7, 11) is 3.50. The molecule has 0 bridgehead atoms. The molecule has 1 aliphatic carbocycles. The molecule has 98 valence electrons. The first-order chi connectivity index (χ1) is 8.62. The van der Waals surface area contributed by atoms with Crippen molar-refractivity contribution in [3.8, 4) is 0 Å². The van der Waals surface area contributed by atoms with Crippen LogP contribution >= 0.6 is 0 Å². The monoisotopic (exact) mass is 253 g/mol. The van der Waals surface area contributed by atoms with Crippen LogP contribution in [0.15, 0.2) is 23.2 Å². The minimum atomic E-state index is -0.507. The Bertz CT molecular complexity index is 433. The van der Waals surface area contributed by atoms with Gasteiger partial charge in [-0.1, -0.05) is 0 Å². The number of hydrogen-bond donors (Lipinski definition) is 2. The van der Waals surface area contributed by atoms with E-state index < -0.39 is 11.6 Å². The van der Waals surface area contributed by atoms with Gasteiger partial charge < -0.3 is 10.6 Å². The summed E-state index contributed by atoms with van der Waals surface area (Å²) in [5.41, 5.74) is 0.741. The zero-order valence-corrected chi connectivity index (χ0v) is 10.5. The Balaban J connectivity index is 1.92. The van der Waals surface area contributed by atoms with Crippen molar-refractivity contribution in [2.24, 2.45) is 4.99 Å². The van der Waals surface area contributed by atoms with Crippen molar-refractivity contribution in [3.63, 3.8) is 0 Å². The molecule has 0 amide bonds. The molecule has 1 aromatic rings. The average Bonchev–Trinajstić information content (AvgIpc) is 2.26. The molecule has 0 saturated heterocycles. The molecule has 1 fully saturated rings. The summed E-state index contributed by atoms with van der Waals surface area (Å²) in [4.78, 5) is 4.03. The molecule has 0 heterocycles. The van der Waals surface area contributed by atoms with Crippen LogP contribution in [0.5, 0.6) is 0 Å². The predicted octanol–water partition coefficient (Wildman–Crippen LogP) is 2.01. The molecule has 5 heteroatoms. The van der Waals surface area contributed by atoms with Crippen molar-refractivity contribution in [2.45, 2.75) is 24.8 Å². The fourth-order valence-electron chi connectivity index (χ4n) is 2.26. The largest absolute Gasteiger partial charge is 0.359 e. The highest BCUT2D eigenvalue weighted by molar-refractivity contribution is 5.79. The van der Waals surface area contributed by atoms with E-state index in [4.69, 9.17) is 0 Å². The maximum absolute atomic E-state index is 13.1. The van der Waals surface area contributed by atoms with Gasteiger partial charge in [-0.3, -0.25) is 4.99 Å². The minimum absolute atomic E-state index is 0.225. The van der Waals surface area contributed by atoms with E-state index in [2.05, 4.69) is 15.6 Å². The first-order valence-electron chi connectivity index (χ1n) is 5.99. The average molecular weight is 253 g/mol. The SMILES string of the molecule is CN=C(NC)NC1CC(c2cc(F)cc(F)c2)C1. The van der Waals surface area contributed by atoms with Gasteiger partial charge in [0.15, 0.2) is 5.96 Å². The van der Waals surface area contributed by atoms with E-state index in [0.29, 0.717) is 6.04 Å². The Hall–Kier alpha value is -1.65. The maximum Gasteiger partial charge on any atom is 0.190 e. The molecular formula is C13H17F2N3. The van der Waals surface area contributed by atoms with Gasteiger partial charge in [-0.05, 0) is 36.5 Å². The van der Waals surface area contributed by atoms with Crippen molar-refractivity contribution >= 4 is 5.96 Å². The van der Waals surface area contributed by atoms with Gasteiger partial charge in [-0.15, -0.1) is 0 Å². The second kappa shape index (κ2) is 5.33. The first kappa shape index (κ1) is 12.8. The topological polar surface area (TPSA) is 36.4 Å². The Morgan fingerprint density at radius 2 is 1.83 bits per heavy atom. The quantitative estimate of drug-likeness (QED) is 0.625. The van der Waals surface area contributed by atoms with E-state index in [0.717, 1.165) is 30.4 Å². The second-order valence-corrected chi connectivity index (χ2v) is 4.53. The number of nitrogens with one attached hydrogen (secondary N) is 2. The van der Waals surface area contributed by atoms with Crippen LogP contribution in [-0.4, -0.2) is 26.1 Å². The van der Waals surface area contributed by atoms with Crippen molar-refractivity contribution in [1.29, 1.82) is 0 Å². The summed E-state index contributed by atoms with van der Waals surface area (Å²) in [6.45, 7) is 0. The fourth-order valence-corrected chi connectivity index (χ4v) is 2.26. The highest BCUT2D eigenvalue weighted by atomic mass is 19.1. The highest BCUT2D eigenvalue weighted by Crippen LogP contribution is 2.37. The lowest BCUT2D eigenvalue weighted by Gasteiger charge is -2.36. The fraction of sp³-hybridized carbons (Fsp3) is 0.462. The summed E-state index contributed by atoms with van der Waals surface area (Å²) in [5, 5.41) is 6.18. The molecule has 0 atom stereocenters. The molecule has 0 aromatic heterocycles. The summed E-state index contributed by atoms with van der Waals surface area (Å²) in [5.74, 6) is -0.0496. The predicted molar refractivity (Wildman–Crippen MR) is 67.7 cm³/mol. The normalized spacial score (nSPS) is 23.4. The molecule has 0 unspecified atom stereocenters. The van der Waals surface area contributed by atoms with Crippen LogP contribution in [0.3, 0.4) is 0 Å². The first-order valence-corrected chi connectivity index (χ1v) is 5.99. The van der Waals surface area contributed by atoms with Crippen LogP contribution in [0, 0.1) is 11.6 Å². The molecule has 1 aromatic carbocycles. The van der Waals surface area contributed by atoms with Gasteiger partial charge in [0, 0.05) is 26.2 Å². The van der Waals surface area contributed by atoms with E-state index in [1.54, 1.807) is 14.1 Å². The van der Waals surface area contributed by atoms with Crippen LogP contribution in [0.1, 0.15) is 24.3 Å². The maximum atomic E-state index is 13.1. The van der Waals surface area contributed by atoms with E-state index in [-0.39, 0.29) is 5.92 Å². The van der Waals surface area contributed by atoms with Crippen LogP contribution in [0.2, 0.25) is 0 Å². The molecule has 3 nitrogen and oxygen atoms in total.